The van der Waals surface area contributed by atoms with Crippen molar-refractivity contribution in [2.75, 3.05) is 27.2 Å². The Labute approximate surface area is 112 Å². The van der Waals surface area contributed by atoms with Crippen molar-refractivity contribution in [3.05, 3.63) is 12.2 Å². The van der Waals surface area contributed by atoms with Gasteiger partial charge in [0.15, 0.2) is 0 Å². The molecule has 0 amide bonds. The second-order valence-corrected chi connectivity index (χ2v) is 4.93. The summed E-state index contributed by atoms with van der Waals surface area (Å²) in [7, 11) is 4.03. The van der Waals surface area contributed by atoms with Crippen LogP contribution in [0.5, 0.6) is 0 Å². The van der Waals surface area contributed by atoms with Crippen LogP contribution in [0.3, 0.4) is 0 Å². The summed E-state index contributed by atoms with van der Waals surface area (Å²) in [5, 5.41) is 0. The minimum Gasteiger partial charge on any atom is -0.462 e. The summed E-state index contributed by atoms with van der Waals surface area (Å²) >= 11 is 0. The Morgan fingerprint density at radius 1 is 1.11 bits per heavy atom. The van der Waals surface area contributed by atoms with Gasteiger partial charge in [-0.2, -0.15) is 0 Å². The Bertz CT molecular complexity index is 225. The van der Waals surface area contributed by atoms with Crippen molar-refractivity contribution < 1.29 is 9.53 Å². The molecule has 0 aromatic heterocycles. The molecule has 0 fully saturated rings. The van der Waals surface area contributed by atoms with Crippen LogP contribution in [0.4, 0.5) is 0 Å². The molecule has 0 saturated carbocycles. The van der Waals surface area contributed by atoms with Gasteiger partial charge in [0.1, 0.15) is 0 Å². The van der Waals surface area contributed by atoms with E-state index in [0.717, 1.165) is 19.4 Å². The Hall–Kier alpha value is -0.830. The number of allylic oxidation sites excluding steroid dienone is 1. The number of hydrogen-bond acceptors (Lipinski definition) is 3. The first-order valence-corrected chi connectivity index (χ1v) is 7.14. The van der Waals surface area contributed by atoms with Gasteiger partial charge in [0.2, 0.25) is 0 Å². The summed E-state index contributed by atoms with van der Waals surface area (Å²) in [4.78, 5) is 13.4. The molecular formula is C15H29NO2. The average Bonchev–Trinajstić information content (AvgIpc) is 2.33. The molecule has 0 unspecified atom stereocenters. The Morgan fingerprint density at radius 3 is 2.50 bits per heavy atom. The second kappa shape index (κ2) is 12.6. The van der Waals surface area contributed by atoms with E-state index < -0.39 is 0 Å². The summed E-state index contributed by atoms with van der Waals surface area (Å²) in [6.45, 7) is 3.68. The lowest BCUT2D eigenvalue weighted by Crippen LogP contribution is -2.15. The maximum Gasteiger partial charge on any atom is 0.330 e. The molecule has 0 aromatic carbocycles. The fourth-order valence-corrected chi connectivity index (χ4v) is 1.65. The van der Waals surface area contributed by atoms with Gasteiger partial charge in [-0.25, -0.2) is 4.79 Å². The van der Waals surface area contributed by atoms with Crippen LogP contribution in [-0.4, -0.2) is 38.1 Å². The van der Waals surface area contributed by atoms with Crippen LogP contribution >= 0.6 is 0 Å². The number of hydrogen-bond donors (Lipinski definition) is 0. The van der Waals surface area contributed by atoms with Gasteiger partial charge in [0.05, 0.1) is 6.61 Å². The van der Waals surface area contributed by atoms with E-state index in [0.29, 0.717) is 6.61 Å². The summed E-state index contributed by atoms with van der Waals surface area (Å²) in [5.74, 6) is -0.206. The normalized spacial score (nSPS) is 11.3. The maximum absolute atomic E-state index is 11.3. The van der Waals surface area contributed by atoms with Crippen LogP contribution in [0.1, 0.15) is 51.9 Å². The van der Waals surface area contributed by atoms with E-state index in [9.17, 15) is 4.79 Å². The summed E-state index contributed by atoms with van der Waals surface area (Å²) in [5.41, 5.74) is 0. The highest BCUT2D eigenvalue weighted by atomic mass is 16.5. The van der Waals surface area contributed by atoms with Crippen LogP contribution in [0.15, 0.2) is 12.2 Å². The number of carbonyl (C=O) groups is 1. The zero-order chi connectivity index (χ0) is 13.6. The van der Waals surface area contributed by atoms with Crippen LogP contribution < -0.4 is 0 Å². The molecule has 0 bridgehead atoms. The summed E-state index contributed by atoms with van der Waals surface area (Å²) in [6, 6.07) is 0. The topological polar surface area (TPSA) is 29.5 Å². The van der Waals surface area contributed by atoms with E-state index in [1.165, 1.54) is 32.1 Å². The van der Waals surface area contributed by atoms with Gasteiger partial charge in [0.25, 0.3) is 0 Å². The van der Waals surface area contributed by atoms with Gasteiger partial charge in [-0.3, -0.25) is 0 Å². The van der Waals surface area contributed by atoms with Gasteiger partial charge in [-0.1, -0.05) is 38.7 Å². The maximum atomic E-state index is 11.3. The minimum absolute atomic E-state index is 0.206. The molecule has 0 aliphatic carbocycles. The Balaban J connectivity index is 3.34. The fraction of sp³-hybridized carbons (Fsp3) is 0.800. The smallest absolute Gasteiger partial charge is 0.330 e. The lowest BCUT2D eigenvalue weighted by Gasteiger charge is -2.08. The molecule has 0 atom stereocenters. The summed E-state index contributed by atoms with van der Waals surface area (Å²) in [6.07, 6.45) is 11.7. The first kappa shape index (κ1) is 17.2. The molecule has 3 heteroatoms. The van der Waals surface area contributed by atoms with Crippen molar-refractivity contribution in [2.45, 2.75) is 51.9 Å². The summed E-state index contributed by atoms with van der Waals surface area (Å²) < 4.78 is 5.09. The first-order chi connectivity index (χ1) is 8.66. The van der Waals surface area contributed by atoms with E-state index in [2.05, 4.69) is 11.8 Å². The molecule has 0 rings (SSSR count). The van der Waals surface area contributed by atoms with Crippen molar-refractivity contribution in [3.63, 3.8) is 0 Å². The van der Waals surface area contributed by atoms with E-state index in [1.807, 2.05) is 20.2 Å². The molecule has 106 valence electrons. The third kappa shape index (κ3) is 13.2. The highest BCUT2D eigenvalue weighted by Gasteiger charge is 1.97. The average molecular weight is 255 g/mol. The number of ether oxygens (including phenoxy) is 1. The zero-order valence-electron chi connectivity index (χ0n) is 12.3. The highest BCUT2D eigenvalue weighted by Crippen LogP contribution is 2.05. The van der Waals surface area contributed by atoms with Gasteiger partial charge >= 0.3 is 5.97 Å². The second-order valence-electron chi connectivity index (χ2n) is 4.93. The standard InChI is InChI=1S/C15H29NO2/c1-4-5-6-7-8-9-10-12-15(17)18-14-11-13-16(2)3/h10,12H,4-9,11,13-14H2,1-3H3. The van der Waals surface area contributed by atoms with Gasteiger partial charge in [-0.05, 0) is 33.4 Å². The largest absolute Gasteiger partial charge is 0.462 e. The molecule has 0 aliphatic rings. The first-order valence-electron chi connectivity index (χ1n) is 7.14. The lowest BCUT2D eigenvalue weighted by molar-refractivity contribution is -0.137. The fourth-order valence-electron chi connectivity index (χ4n) is 1.65. The monoisotopic (exact) mass is 255 g/mol. The number of esters is 1. The SMILES string of the molecule is CCCCCCCC=CC(=O)OCCCN(C)C. The van der Waals surface area contributed by atoms with E-state index in [-0.39, 0.29) is 5.97 Å². The predicted molar refractivity (Wildman–Crippen MR) is 76.6 cm³/mol. The van der Waals surface area contributed by atoms with Crippen LogP contribution in [0.2, 0.25) is 0 Å². The lowest BCUT2D eigenvalue weighted by atomic mass is 10.1. The van der Waals surface area contributed by atoms with E-state index in [1.54, 1.807) is 6.08 Å². The molecular weight excluding hydrogens is 226 g/mol. The molecule has 18 heavy (non-hydrogen) atoms. The molecule has 0 radical (unpaired) electrons. The highest BCUT2D eigenvalue weighted by molar-refractivity contribution is 5.81. The van der Waals surface area contributed by atoms with E-state index in [4.69, 9.17) is 4.74 Å². The quantitative estimate of drug-likeness (QED) is 0.322. The molecule has 3 nitrogen and oxygen atoms in total. The molecule has 0 heterocycles. The number of carbonyl (C=O) groups excluding carboxylic acids is 1. The third-order valence-corrected chi connectivity index (χ3v) is 2.72. The van der Waals surface area contributed by atoms with Crippen molar-refractivity contribution in [1.82, 2.24) is 4.90 Å². The predicted octanol–water partition coefficient (Wildman–Crippen LogP) is 3.40. The van der Waals surface area contributed by atoms with Crippen LogP contribution in [-0.2, 0) is 9.53 Å². The zero-order valence-corrected chi connectivity index (χ0v) is 12.3. The molecule has 0 N–H and O–H groups in total. The van der Waals surface area contributed by atoms with Crippen molar-refractivity contribution in [3.8, 4) is 0 Å². The molecule has 0 saturated heterocycles. The van der Waals surface area contributed by atoms with Crippen LogP contribution in [0.25, 0.3) is 0 Å². The third-order valence-electron chi connectivity index (χ3n) is 2.72. The van der Waals surface area contributed by atoms with Gasteiger partial charge in [0, 0.05) is 12.6 Å². The molecule has 0 spiro atoms. The van der Waals surface area contributed by atoms with Gasteiger partial charge in [-0.15, -0.1) is 0 Å². The van der Waals surface area contributed by atoms with Crippen molar-refractivity contribution in [1.29, 1.82) is 0 Å². The Morgan fingerprint density at radius 2 is 1.83 bits per heavy atom. The Kier molecular flexibility index (Phi) is 12.0. The van der Waals surface area contributed by atoms with E-state index >= 15 is 0 Å². The number of nitrogens with zero attached hydrogens (tertiary/aromatic N) is 1. The van der Waals surface area contributed by atoms with Crippen molar-refractivity contribution >= 4 is 5.97 Å². The van der Waals surface area contributed by atoms with Gasteiger partial charge < -0.3 is 9.64 Å². The minimum atomic E-state index is -0.206. The molecule has 0 aromatic rings. The molecule has 0 aliphatic heterocycles. The number of rotatable bonds is 11. The number of unbranched alkanes of at least 4 members (excludes halogenated alkanes) is 5. The van der Waals surface area contributed by atoms with Crippen LogP contribution in [0, 0.1) is 0 Å². The van der Waals surface area contributed by atoms with Crippen molar-refractivity contribution in [2.24, 2.45) is 0 Å².